The summed E-state index contributed by atoms with van der Waals surface area (Å²) >= 11 is 0. The van der Waals surface area contributed by atoms with Crippen LogP contribution in [0.4, 0.5) is 0 Å². The van der Waals surface area contributed by atoms with Crippen molar-refractivity contribution < 1.29 is 4.74 Å². The first kappa shape index (κ1) is 13.1. The Kier molecular flexibility index (Phi) is 3.92. The van der Waals surface area contributed by atoms with Crippen LogP contribution < -0.4 is 10.1 Å². The Bertz CT molecular complexity index is 571. The molecule has 1 aromatic carbocycles. The molecule has 1 unspecified atom stereocenters. The van der Waals surface area contributed by atoms with Crippen LogP contribution in [0.25, 0.3) is 0 Å². The Hall–Kier alpha value is -1.94. The molecule has 20 heavy (non-hydrogen) atoms. The Labute approximate surface area is 119 Å². The van der Waals surface area contributed by atoms with Gasteiger partial charge in [-0.05, 0) is 18.5 Å². The SMILES string of the molecule is CCCNC(c1cnccn1)c1cccc2c1OCC2. The van der Waals surface area contributed by atoms with Gasteiger partial charge in [0.1, 0.15) is 5.75 Å². The van der Waals surface area contributed by atoms with Crippen molar-refractivity contribution in [2.24, 2.45) is 0 Å². The lowest BCUT2D eigenvalue weighted by Gasteiger charge is -2.20. The van der Waals surface area contributed by atoms with Crippen LogP contribution in [0, 0.1) is 0 Å². The Balaban J connectivity index is 2.00. The van der Waals surface area contributed by atoms with Gasteiger partial charge in [0.05, 0.1) is 24.5 Å². The summed E-state index contributed by atoms with van der Waals surface area (Å²) < 4.78 is 5.82. The Morgan fingerprint density at radius 3 is 3.10 bits per heavy atom. The van der Waals surface area contributed by atoms with Crippen LogP contribution in [0.15, 0.2) is 36.8 Å². The lowest BCUT2D eigenvalue weighted by atomic mass is 9.99. The number of nitrogens with zero attached hydrogens (tertiary/aromatic N) is 2. The van der Waals surface area contributed by atoms with Crippen molar-refractivity contribution in [3.05, 3.63) is 53.6 Å². The van der Waals surface area contributed by atoms with E-state index in [4.69, 9.17) is 4.74 Å². The fraction of sp³-hybridized carbons (Fsp3) is 0.375. The molecule has 1 N–H and O–H groups in total. The second-order valence-electron chi connectivity index (χ2n) is 4.95. The van der Waals surface area contributed by atoms with E-state index < -0.39 is 0 Å². The Morgan fingerprint density at radius 2 is 2.30 bits per heavy atom. The van der Waals surface area contributed by atoms with Gasteiger partial charge in [-0.1, -0.05) is 25.1 Å². The molecule has 1 aromatic heterocycles. The molecule has 4 nitrogen and oxygen atoms in total. The number of aromatic nitrogens is 2. The smallest absolute Gasteiger partial charge is 0.127 e. The average Bonchev–Trinajstić information content (AvgIpc) is 2.98. The third-order valence-corrected chi connectivity index (χ3v) is 3.53. The molecular weight excluding hydrogens is 250 g/mol. The van der Waals surface area contributed by atoms with E-state index >= 15 is 0 Å². The van der Waals surface area contributed by atoms with E-state index in [1.165, 1.54) is 5.56 Å². The summed E-state index contributed by atoms with van der Waals surface area (Å²) in [5.41, 5.74) is 3.38. The van der Waals surface area contributed by atoms with E-state index in [-0.39, 0.29) is 6.04 Å². The molecule has 0 saturated heterocycles. The second-order valence-corrected chi connectivity index (χ2v) is 4.95. The van der Waals surface area contributed by atoms with Gasteiger partial charge in [0, 0.05) is 24.4 Å². The number of rotatable bonds is 5. The Morgan fingerprint density at radius 1 is 1.35 bits per heavy atom. The third kappa shape index (κ3) is 2.51. The van der Waals surface area contributed by atoms with Crippen LogP contribution in [0.1, 0.15) is 36.2 Å². The van der Waals surface area contributed by atoms with Gasteiger partial charge < -0.3 is 10.1 Å². The number of fused-ring (bicyclic) bond motifs is 1. The zero-order valence-corrected chi connectivity index (χ0v) is 11.7. The zero-order chi connectivity index (χ0) is 13.8. The summed E-state index contributed by atoms with van der Waals surface area (Å²) in [6, 6.07) is 6.39. The normalized spacial score (nSPS) is 14.7. The molecule has 3 rings (SSSR count). The summed E-state index contributed by atoms with van der Waals surface area (Å²) in [6.07, 6.45) is 7.32. The van der Waals surface area contributed by atoms with Gasteiger partial charge in [-0.2, -0.15) is 0 Å². The second kappa shape index (κ2) is 6.01. The molecule has 0 spiro atoms. The van der Waals surface area contributed by atoms with Crippen molar-refractivity contribution >= 4 is 0 Å². The van der Waals surface area contributed by atoms with E-state index in [2.05, 4.69) is 40.4 Å². The summed E-state index contributed by atoms with van der Waals surface area (Å²) in [5.74, 6) is 1.02. The van der Waals surface area contributed by atoms with Crippen molar-refractivity contribution in [2.45, 2.75) is 25.8 Å². The van der Waals surface area contributed by atoms with Gasteiger partial charge in [-0.3, -0.25) is 9.97 Å². The first-order valence-corrected chi connectivity index (χ1v) is 7.14. The average molecular weight is 269 g/mol. The fourth-order valence-corrected chi connectivity index (χ4v) is 2.59. The van der Waals surface area contributed by atoms with Crippen LogP contribution in [0.5, 0.6) is 5.75 Å². The van der Waals surface area contributed by atoms with Crippen molar-refractivity contribution in [2.75, 3.05) is 13.2 Å². The van der Waals surface area contributed by atoms with Gasteiger partial charge in [-0.15, -0.1) is 0 Å². The topological polar surface area (TPSA) is 47.0 Å². The maximum Gasteiger partial charge on any atom is 0.127 e. The minimum absolute atomic E-state index is 0.0386. The van der Waals surface area contributed by atoms with Crippen LogP contribution in [-0.4, -0.2) is 23.1 Å². The summed E-state index contributed by atoms with van der Waals surface area (Å²) in [5, 5.41) is 3.55. The lowest BCUT2D eigenvalue weighted by Crippen LogP contribution is -2.24. The van der Waals surface area contributed by atoms with E-state index in [1.54, 1.807) is 12.4 Å². The maximum atomic E-state index is 5.82. The highest BCUT2D eigenvalue weighted by Gasteiger charge is 2.23. The molecule has 0 bridgehead atoms. The molecular formula is C16H19N3O. The number of ether oxygens (including phenoxy) is 1. The van der Waals surface area contributed by atoms with Crippen molar-refractivity contribution in [3.8, 4) is 5.75 Å². The van der Waals surface area contributed by atoms with E-state index in [0.29, 0.717) is 0 Å². The first-order valence-electron chi connectivity index (χ1n) is 7.14. The quantitative estimate of drug-likeness (QED) is 0.906. The minimum atomic E-state index is 0.0386. The molecule has 0 saturated carbocycles. The molecule has 4 heteroatoms. The monoisotopic (exact) mass is 269 g/mol. The molecule has 0 radical (unpaired) electrons. The standard InChI is InChI=1S/C16H19N3O/c1-2-7-19-15(14-11-17-8-9-18-14)13-5-3-4-12-6-10-20-16(12)13/h3-5,8-9,11,15,19H,2,6-7,10H2,1H3. The van der Waals surface area contributed by atoms with Gasteiger partial charge in [0.15, 0.2) is 0 Å². The molecule has 0 amide bonds. The molecule has 0 aliphatic carbocycles. The molecule has 2 aromatic rings. The summed E-state index contributed by atoms with van der Waals surface area (Å²) in [7, 11) is 0. The predicted octanol–water partition coefficient (Wildman–Crippen LogP) is 2.50. The van der Waals surface area contributed by atoms with Gasteiger partial charge in [0.2, 0.25) is 0 Å². The number of para-hydroxylation sites is 1. The van der Waals surface area contributed by atoms with E-state index in [9.17, 15) is 0 Å². The fourth-order valence-electron chi connectivity index (χ4n) is 2.59. The highest BCUT2D eigenvalue weighted by atomic mass is 16.5. The summed E-state index contributed by atoms with van der Waals surface area (Å²) in [6.45, 7) is 3.87. The van der Waals surface area contributed by atoms with Gasteiger partial charge in [0.25, 0.3) is 0 Å². The van der Waals surface area contributed by atoms with Gasteiger partial charge in [-0.25, -0.2) is 0 Å². The van der Waals surface area contributed by atoms with E-state index in [0.717, 1.165) is 43.0 Å². The highest BCUT2D eigenvalue weighted by molar-refractivity contribution is 5.47. The molecule has 0 fully saturated rings. The van der Waals surface area contributed by atoms with Gasteiger partial charge >= 0.3 is 0 Å². The predicted molar refractivity (Wildman–Crippen MR) is 77.8 cm³/mol. The number of benzene rings is 1. The minimum Gasteiger partial charge on any atom is -0.493 e. The van der Waals surface area contributed by atoms with Crippen LogP contribution >= 0.6 is 0 Å². The number of hydrogen-bond donors (Lipinski definition) is 1. The molecule has 1 atom stereocenters. The van der Waals surface area contributed by atoms with E-state index in [1.807, 2.05) is 6.20 Å². The number of hydrogen-bond acceptors (Lipinski definition) is 4. The molecule has 2 heterocycles. The van der Waals surface area contributed by atoms with Crippen LogP contribution in [0.3, 0.4) is 0 Å². The number of nitrogens with one attached hydrogen (secondary N) is 1. The molecule has 1 aliphatic heterocycles. The van der Waals surface area contributed by atoms with Crippen molar-refractivity contribution in [1.29, 1.82) is 0 Å². The lowest BCUT2D eigenvalue weighted by molar-refractivity contribution is 0.350. The van der Waals surface area contributed by atoms with Crippen LogP contribution in [-0.2, 0) is 6.42 Å². The molecule has 1 aliphatic rings. The zero-order valence-electron chi connectivity index (χ0n) is 11.7. The summed E-state index contributed by atoms with van der Waals surface area (Å²) in [4.78, 5) is 8.64. The highest BCUT2D eigenvalue weighted by Crippen LogP contribution is 2.35. The third-order valence-electron chi connectivity index (χ3n) is 3.53. The van der Waals surface area contributed by atoms with Crippen molar-refractivity contribution in [1.82, 2.24) is 15.3 Å². The van der Waals surface area contributed by atoms with Crippen LogP contribution in [0.2, 0.25) is 0 Å². The van der Waals surface area contributed by atoms with Crippen molar-refractivity contribution in [3.63, 3.8) is 0 Å². The maximum absolute atomic E-state index is 5.82. The molecule has 104 valence electrons. The largest absolute Gasteiger partial charge is 0.493 e. The first-order chi connectivity index (χ1) is 9.90.